The van der Waals surface area contributed by atoms with Crippen LogP contribution in [-0.4, -0.2) is 18.2 Å². The van der Waals surface area contributed by atoms with Gasteiger partial charge in [0.2, 0.25) is 0 Å². The van der Waals surface area contributed by atoms with Crippen molar-refractivity contribution in [3.05, 3.63) is 112 Å². The Morgan fingerprint density at radius 1 is 0.861 bits per heavy atom. The molecule has 0 saturated heterocycles. The Bertz CT molecular complexity index is 1380. The van der Waals surface area contributed by atoms with Gasteiger partial charge >= 0.3 is 0 Å². The van der Waals surface area contributed by atoms with Crippen molar-refractivity contribution < 1.29 is 9.84 Å². The summed E-state index contributed by atoms with van der Waals surface area (Å²) in [4.78, 5) is 2.32. The van der Waals surface area contributed by atoms with Crippen molar-refractivity contribution in [1.82, 2.24) is 0 Å². The average Bonchev–Trinajstić information content (AvgIpc) is 2.90. The van der Waals surface area contributed by atoms with Gasteiger partial charge in [0.25, 0.3) is 0 Å². The van der Waals surface area contributed by atoms with E-state index in [1.54, 1.807) is 0 Å². The van der Waals surface area contributed by atoms with Crippen molar-refractivity contribution in [3.8, 4) is 11.5 Å². The van der Waals surface area contributed by atoms with E-state index in [0.717, 1.165) is 69.5 Å². The Hall–Kier alpha value is -3.47. The number of aryl methyl sites for hydroxylation is 1. The van der Waals surface area contributed by atoms with E-state index < -0.39 is 0 Å². The van der Waals surface area contributed by atoms with Crippen LogP contribution in [0.2, 0.25) is 5.02 Å². The number of nitrogens with zero attached hydrogens (tertiary/aromatic N) is 1. The van der Waals surface area contributed by atoms with E-state index >= 15 is 0 Å². The summed E-state index contributed by atoms with van der Waals surface area (Å²) in [5, 5.41) is 14.4. The molecule has 1 aliphatic heterocycles. The van der Waals surface area contributed by atoms with E-state index in [4.69, 9.17) is 16.3 Å². The summed E-state index contributed by atoms with van der Waals surface area (Å²) in [5.41, 5.74) is 8.38. The molecule has 36 heavy (non-hydrogen) atoms. The Morgan fingerprint density at radius 2 is 1.58 bits per heavy atom. The van der Waals surface area contributed by atoms with Gasteiger partial charge in [0.15, 0.2) is 0 Å². The first-order valence-corrected chi connectivity index (χ1v) is 12.8. The number of nitrogens with one attached hydrogen (secondary N) is 1. The van der Waals surface area contributed by atoms with Gasteiger partial charge in [-0.2, -0.15) is 0 Å². The summed E-state index contributed by atoms with van der Waals surface area (Å²) in [7, 11) is 0. The first-order chi connectivity index (χ1) is 17.5. The number of rotatable bonds is 7. The van der Waals surface area contributed by atoms with Crippen molar-refractivity contribution in [1.29, 1.82) is 0 Å². The first kappa shape index (κ1) is 24.2. The molecule has 4 nitrogen and oxygen atoms in total. The minimum atomic E-state index is -0.0655. The molecule has 4 aromatic rings. The van der Waals surface area contributed by atoms with Crippen LogP contribution in [0.4, 0.5) is 17.1 Å². The minimum Gasteiger partial charge on any atom is -0.457 e. The number of hydrogen-bond donors (Lipinski definition) is 2. The topological polar surface area (TPSA) is 44.7 Å². The maximum Gasteiger partial charge on any atom is 0.133 e. The van der Waals surface area contributed by atoms with Crippen molar-refractivity contribution >= 4 is 28.7 Å². The molecule has 0 fully saturated rings. The zero-order valence-electron chi connectivity index (χ0n) is 20.9. The highest BCUT2D eigenvalue weighted by Crippen LogP contribution is 2.50. The highest BCUT2D eigenvalue weighted by Gasteiger charge is 2.31. The Labute approximate surface area is 218 Å². The van der Waals surface area contributed by atoms with E-state index in [1.165, 1.54) is 0 Å². The fourth-order valence-corrected chi connectivity index (χ4v) is 5.18. The summed E-state index contributed by atoms with van der Waals surface area (Å²) in [6, 6.07) is 26.6. The van der Waals surface area contributed by atoms with Crippen LogP contribution in [0.3, 0.4) is 0 Å². The second-order valence-electron chi connectivity index (χ2n) is 9.12. The second-order valence-corrected chi connectivity index (χ2v) is 9.56. The van der Waals surface area contributed by atoms with Gasteiger partial charge in [0.1, 0.15) is 11.5 Å². The molecule has 1 unspecified atom stereocenters. The predicted molar refractivity (Wildman–Crippen MR) is 149 cm³/mol. The van der Waals surface area contributed by atoms with E-state index in [9.17, 15) is 5.11 Å². The molecule has 5 rings (SSSR count). The lowest BCUT2D eigenvalue weighted by Gasteiger charge is -2.32. The van der Waals surface area contributed by atoms with Crippen LogP contribution in [0.1, 0.15) is 47.6 Å². The molecule has 5 heteroatoms. The van der Waals surface area contributed by atoms with Crippen LogP contribution < -0.4 is 15.0 Å². The molecule has 0 aliphatic carbocycles. The number of ether oxygens (including phenoxy) is 1. The molecule has 1 heterocycles. The number of aliphatic hydroxyl groups is 1. The molecule has 0 radical (unpaired) electrons. The third kappa shape index (κ3) is 4.55. The maximum atomic E-state index is 10.2. The monoisotopic (exact) mass is 498 g/mol. The molecule has 4 aromatic carbocycles. The fraction of sp³-hybridized carbons (Fsp3) is 0.226. The lowest BCUT2D eigenvalue weighted by molar-refractivity contribution is 0.280. The van der Waals surface area contributed by atoms with Gasteiger partial charge in [-0.1, -0.05) is 41.9 Å². The van der Waals surface area contributed by atoms with Crippen LogP contribution in [0, 0.1) is 6.92 Å². The molecule has 0 aromatic heterocycles. The second kappa shape index (κ2) is 10.3. The molecular weight excluding hydrogens is 468 g/mol. The lowest BCUT2D eigenvalue weighted by Crippen LogP contribution is -2.22. The van der Waals surface area contributed by atoms with Gasteiger partial charge < -0.3 is 20.1 Å². The SMILES string of the molecule is CCN(CC)c1ccc2c(c1)Oc1cc(C)c(Nc3ccc(Cl)cc3)cc1C2c1ccccc1CO. The van der Waals surface area contributed by atoms with Crippen LogP contribution in [0.15, 0.2) is 78.9 Å². The zero-order chi connectivity index (χ0) is 25.2. The van der Waals surface area contributed by atoms with Crippen molar-refractivity contribution in [3.63, 3.8) is 0 Å². The zero-order valence-corrected chi connectivity index (χ0v) is 21.6. The number of anilines is 3. The highest BCUT2D eigenvalue weighted by atomic mass is 35.5. The van der Waals surface area contributed by atoms with E-state index in [-0.39, 0.29) is 12.5 Å². The summed E-state index contributed by atoms with van der Waals surface area (Å²) in [5.74, 6) is 1.64. The predicted octanol–water partition coefficient (Wildman–Crippen LogP) is 8.02. The maximum absolute atomic E-state index is 10.2. The quantitative estimate of drug-likeness (QED) is 0.238. The molecular formula is C31H31ClN2O2. The van der Waals surface area contributed by atoms with Crippen molar-refractivity contribution in [2.75, 3.05) is 23.3 Å². The molecule has 1 aliphatic rings. The molecule has 0 amide bonds. The fourth-order valence-electron chi connectivity index (χ4n) is 5.05. The van der Waals surface area contributed by atoms with Crippen LogP contribution in [-0.2, 0) is 6.61 Å². The lowest BCUT2D eigenvalue weighted by atomic mass is 9.80. The average molecular weight is 499 g/mol. The van der Waals surface area contributed by atoms with Crippen LogP contribution in [0.25, 0.3) is 0 Å². The van der Waals surface area contributed by atoms with Crippen molar-refractivity contribution in [2.45, 2.75) is 33.3 Å². The van der Waals surface area contributed by atoms with Gasteiger partial charge in [-0.15, -0.1) is 0 Å². The summed E-state index contributed by atoms with van der Waals surface area (Å²) < 4.78 is 6.55. The number of fused-ring (bicyclic) bond motifs is 2. The molecule has 0 bridgehead atoms. The number of halogens is 1. The van der Waals surface area contributed by atoms with E-state index in [1.807, 2.05) is 42.5 Å². The molecule has 2 N–H and O–H groups in total. The van der Waals surface area contributed by atoms with E-state index in [0.29, 0.717) is 5.02 Å². The smallest absolute Gasteiger partial charge is 0.133 e. The standard InChI is InChI=1S/C31H31ClN2O2/c1-4-34(5-2)24-14-15-26-30(17-24)36-29-16-20(3)28(33-23-12-10-22(32)11-13-23)18-27(29)31(26)25-9-7-6-8-21(25)19-35/h6-18,31,33,35H,4-5,19H2,1-3H3. The van der Waals surface area contributed by atoms with Crippen LogP contribution in [0.5, 0.6) is 11.5 Å². The number of aliphatic hydroxyl groups excluding tert-OH is 1. The van der Waals surface area contributed by atoms with Gasteiger partial charge in [-0.25, -0.2) is 0 Å². The Morgan fingerprint density at radius 3 is 2.31 bits per heavy atom. The van der Waals surface area contributed by atoms with E-state index in [2.05, 4.69) is 67.4 Å². The third-order valence-corrected chi connectivity index (χ3v) is 7.24. The van der Waals surface area contributed by atoms with Crippen LogP contribution >= 0.6 is 11.6 Å². The number of hydrogen-bond acceptors (Lipinski definition) is 4. The molecule has 184 valence electrons. The van der Waals surface area contributed by atoms with Gasteiger partial charge in [-0.05, 0) is 79.9 Å². The van der Waals surface area contributed by atoms with Gasteiger partial charge in [0.05, 0.1) is 6.61 Å². The van der Waals surface area contributed by atoms with Gasteiger partial charge in [0, 0.05) is 58.3 Å². The summed E-state index contributed by atoms with van der Waals surface area (Å²) in [6.45, 7) is 8.26. The van der Waals surface area contributed by atoms with Gasteiger partial charge in [-0.3, -0.25) is 0 Å². The minimum absolute atomic E-state index is 0.0164. The molecule has 0 spiro atoms. The Kier molecular flexibility index (Phi) is 6.90. The van der Waals surface area contributed by atoms with Crippen molar-refractivity contribution in [2.24, 2.45) is 0 Å². The summed E-state index contributed by atoms with van der Waals surface area (Å²) >= 11 is 6.09. The largest absolute Gasteiger partial charge is 0.457 e. The highest BCUT2D eigenvalue weighted by molar-refractivity contribution is 6.30. The third-order valence-electron chi connectivity index (χ3n) is 6.98. The normalized spacial score (nSPS) is 14.0. The Balaban J connectivity index is 1.66. The molecule has 1 atom stereocenters. The first-order valence-electron chi connectivity index (χ1n) is 12.4. The summed E-state index contributed by atoms with van der Waals surface area (Å²) in [6.07, 6.45) is 0. The molecule has 0 saturated carbocycles. The number of benzene rings is 4.